The molecule has 1 aromatic rings. The van der Waals surface area contributed by atoms with Crippen molar-refractivity contribution in [1.82, 2.24) is 0 Å². The number of carbonyl (C=O) groups excluding carboxylic acids is 1. The Labute approximate surface area is 101 Å². The fraction of sp³-hybridized carbons (Fsp3) is 0.300. The van der Waals surface area contributed by atoms with Crippen molar-refractivity contribution in [3.05, 3.63) is 30.3 Å². The summed E-state index contributed by atoms with van der Waals surface area (Å²) in [6, 6.07) is 8.16. The van der Waals surface area contributed by atoms with Crippen molar-refractivity contribution in [3.8, 4) is 0 Å². The Balaban J connectivity index is 2.41. The molecule has 1 unspecified atom stereocenters. The zero-order valence-electron chi connectivity index (χ0n) is 8.50. The summed E-state index contributed by atoms with van der Waals surface area (Å²) in [4.78, 5) is 11.1. The molecule has 7 heteroatoms. The fourth-order valence-electron chi connectivity index (χ4n) is 0.943. The van der Waals surface area contributed by atoms with Crippen LogP contribution in [0, 0.1) is 0 Å². The van der Waals surface area contributed by atoms with Gasteiger partial charge in [0, 0.05) is 5.69 Å². The van der Waals surface area contributed by atoms with Crippen molar-refractivity contribution in [1.29, 1.82) is 0 Å². The Kier molecular flexibility index (Phi) is 4.77. The lowest BCUT2D eigenvalue weighted by molar-refractivity contribution is -0.253. The number of carbonyl (C=O) groups is 1. The monoisotopic (exact) mass is 267 g/mol. The van der Waals surface area contributed by atoms with Crippen LogP contribution in [0.1, 0.15) is 0 Å². The van der Waals surface area contributed by atoms with Crippen LogP contribution in [-0.2, 0) is 9.53 Å². The third kappa shape index (κ3) is 4.62. The van der Waals surface area contributed by atoms with Gasteiger partial charge >= 0.3 is 6.11 Å². The first-order chi connectivity index (χ1) is 7.92. The molecule has 0 spiro atoms. The van der Waals surface area contributed by atoms with E-state index < -0.39 is 24.3 Å². The quantitative estimate of drug-likeness (QED) is 0.833. The summed E-state index contributed by atoms with van der Waals surface area (Å²) in [7, 11) is 0. The molecule has 1 rings (SSSR count). The largest absolute Gasteiger partial charge is 0.401 e. The van der Waals surface area contributed by atoms with E-state index in [0.29, 0.717) is 5.69 Å². The second-order valence-electron chi connectivity index (χ2n) is 3.07. The molecular formula is C10H9ClF3NO2. The molecule has 94 valence electrons. The summed E-state index contributed by atoms with van der Waals surface area (Å²) >= 11 is 4.54. The zero-order valence-corrected chi connectivity index (χ0v) is 9.26. The zero-order chi connectivity index (χ0) is 12.9. The lowest BCUT2D eigenvalue weighted by Crippen LogP contribution is -2.33. The third-order valence-electron chi connectivity index (χ3n) is 1.71. The van der Waals surface area contributed by atoms with Gasteiger partial charge in [0.1, 0.15) is 6.61 Å². The number of alkyl halides is 4. The average molecular weight is 268 g/mol. The summed E-state index contributed by atoms with van der Waals surface area (Å²) in [5.74, 6) is -0.826. The number of benzene rings is 1. The van der Waals surface area contributed by atoms with E-state index in [4.69, 9.17) is 0 Å². The summed E-state index contributed by atoms with van der Waals surface area (Å²) in [5.41, 5.74) is -2.57. The molecule has 0 saturated heterocycles. The summed E-state index contributed by atoms with van der Waals surface area (Å²) in [6.07, 6.45) is -4.18. The molecule has 0 saturated carbocycles. The van der Waals surface area contributed by atoms with Crippen molar-refractivity contribution >= 4 is 23.2 Å². The normalized spacial score (nSPS) is 13.2. The van der Waals surface area contributed by atoms with Crippen molar-refractivity contribution in [2.75, 3.05) is 11.9 Å². The third-order valence-corrected chi connectivity index (χ3v) is 1.96. The Morgan fingerprint density at radius 2 is 2.00 bits per heavy atom. The minimum Gasteiger partial charge on any atom is -0.324 e. The van der Waals surface area contributed by atoms with E-state index in [2.05, 4.69) is 21.7 Å². The number of nitrogens with one attached hydrogen (secondary N) is 1. The number of anilines is 1. The minimum absolute atomic E-state index is 0.423. The molecule has 0 aromatic heterocycles. The van der Waals surface area contributed by atoms with Crippen molar-refractivity contribution in [2.45, 2.75) is 11.7 Å². The van der Waals surface area contributed by atoms with Crippen LogP contribution >= 0.6 is 11.6 Å². The number of amides is 1. The molecule has 3 nitrogen and oxygen atoms in total. The lowest BCUT2D eigenvalue weighted by atomic mass is 10.3. The van der Waals surface area contributed by atoms with Gasteiger partial charge in [-0.15, -0.1) is 0 Å². The number of para-hydroxylation sites is 1. The van der Waals surface area contributed by atoms with Gasteiger partial charge in [-0.1, -0.05) is 29.8 Å². The standard InChI is InChI=1S/C10H9ClF3NO2/c11-9(12)10(13,14)17-6-8(16)15-7-4-2-1-3-5-7/h1-5,9H,6H2,(H,15,16). The van der Waals surface area contributed by atoms with Gasteiger partial charge in [0.2, 0.25) is 0 Å². The van der Waals surface area contributed by atoms with Crippen LogP contribution in [0.15, 0.2) is 30.3 Å². The first-order valence-electron chi connectivity index (χ1n) is 4.56. The second kappa shape index (κ2) is 5.88. The van der Waals surface area contributed by atoms with E-state index in [1.807, 2.05) is 0 Å². The van der Waals surface area contributed by atoms with Gasteiger partial charge in [-0.2, -0.15) is 8.78 Å². The molecule has 0 bridgehead atoms. The van der Waals surface area contributed by atoms with E-state index in [1.165, 1.54) is 0 Å². The maximum absolute atomic E-state index is 12.5. The van der Waals surface area contributed by atoms with Gasteiger partial charge < -0.3 is 10.1 Å². The van der Waals surface area contributed by atoms with E-state index >= 15 is 0 Å². The Morgan fingerprint density at radius 1 is 1.41 bits per heavy atom. The first-order valence-corrected chi connectivity index (χ1v) is 5.00. The number of hydrogen-bond donors (Lipinski definition) is 1. The molecule has 1 aromatic carbocycles. The molecule has 0 fully saturated rings. The molecule has 0 radical (unpaired) electrons. The highest BCUT2D eigenvalue weighted by Crippen LogP contribution is 2.25. The topological polar surface area (TPSA) is 38.3 Å². The first kappa shape index (κ1) is 13.8. The number of ether oxygens (including phenoxy) is 1. The van der Waals surface area contributed by atoms with Gasteiger partial charge in [0.15, 0.2) is 0 Å². The van der Waals surface area contributed by atoms with E-state index in [9.17, 15) is 18.0 Å². The molecule has 1 atom stereocenters. The number of halogens is 4. The van der Waals surface area contributed by atoms with Gasteiger partial charge in [-0.3, -0.25) is 4.79 Å². The van der Waals surface area contributed by atoms with Crippen LogP contribution in [-0.4, -0.2) is 24.3 Å². The predicted octanol–water partition coefficient (Wildman–Crippen LogP) is 2.77. The maximum atomic E-state index is 12.5. The van der Waals surface area contributed by atoms with Crippen molar-refractivity contribution in [2.24, 2.45) is 0 Å². The van der Waals surface area contributed by atoms with Gasteiger partial charge in [0.25, 0.3) is 11.5 Å². The lowest BCUT2D eigenvalue weighted by Gasteiger charge is -2.16. The molecule has 0 aliphatic rings. The second-order valence-corrected chi connectivity index (χ2v) is 3.45. The maximum Gasteiger partial charge on any atom is 0.401 e. The smallest absolute Gasteiger partial charge is 0.324 e. The van der Waals surface area contributed by atoms with Gasteiger partial charge in [-0.05, 0) is 12.1 Å². The Bertz CT molecular complexity index is 373. The highest BCUT2D eigenvalue weighted by atomic mass is 35.5. The van der Waals surface area contributed by atoms with E-state index in [1.54, 1.807) is 30.3 Å². The number of hydrogen-bond acceptors (Lipinski definition) is 2. The molecular weight excluding hydrogens is 259 g/mol. The highest BCUT2D eigenvalue weighted by Gasteiger charge is 2.40. The van der Waals surface area contributed by atoms with Crippen LogP contribution < -0.4 is 5.32 Å². The highest BCUT2D eigenvalue weighted by molar-refractivity contribution is 6.20. The van der Waals surface area contributed by atoms with Crippen LogP contribution in [0.5, 0.6) is 0 Å². The minimum atomic E-state index is -4.18. The molecule has 17 heavy (non-hydrogen) atoms. The summed E-state index contributed by atoms with van der Waals surface area (Å²) in [5, 5.41) is 2.29. The molecule has 1 amide bonds. The van der Waals surface area contributed by atoms with Crippen LogP contribution in [0.3, 0.4) is 0 Å². The van der Waals surface area contributed by atoms with E-state index in [-0.39, 0.29) is 0 Å². The number of rotatable bonds is 5. The van der Waals surface area contributed by atoms with Crippen LogP contribution in [0.25, 0.3) is 0 Å². The summed E-state index contributed by atoms with van der Waals surface area (Å²) < 4.78 is 41.0. The van der Waals surface area contributed by atoms with E-state index in [0.717, 1.165) is 0 Å². The van der Waals surface area contributed by atoms with Gasteiger partial charge in [-0.25, -0.2) is 4.39 Å². The molecule has 0 aliphatic heterocycles. The molecule has 1 N–H and O–H groups in total. The Hall–Kier alpha value is -1.27. The molecule has 0 heterocycles. The van der Waals surface area contributed by atoms with Gasteiger partial charge in [0.05, 0.1) is 0 Å². The Morgan fingerprint density at radius 3 is 2.53 bits per heavy atom. The van der Waals surface area contributed by atoms with Crippen molar-refractivity contribution in [3.63, 3.8) is 0 Å². The SMILES string of the molecule is O=C(COC(F)(F)C(F)Cl)Nc1ccccc1. The molecule has 0 aliphatic carbocycles. The summed E-state index contributed by atoms with van der Waals surface area (Å²) in [6.45, 7) is -0.991. The fourth-order valence-corrected chi connectivity index (χ4v) is 1.01. The van der Waals surface area contributed by atoms with Crippen LogP contribution in [0.2, 0.25) is 0 Å². The predicted molar refractivity (Wildman–Crippen MR) is 56.7 cm³/mol. The van der Waals surface area contributed by atoms with Crippen molar-refractivity contribution < 1.29 is 22.7 Å². The van der Waals surface area contributed by atoms with Crippen LogP contribution in [0.4, 0.5) is 18.9 Å². The average Bonchev–Trinajstić information content (AvgIpc) is 2.28.